The highest BCUT2D eigenvalue weighted by molar-refractivity contribution is 5.85. The zero-order valence-electron chi connectivity index (χ0n) is 11.3. The molecule has 2 atom stereocenters. The molecule has 0 saturated carbocycles. The van der Waals surface area contributed by atoms with Crippen molar-refractivity contribution in [1.29, 1.82) is 0 Å². The topological polar surface area (TPSA) is 55.5 Å². The second kappa shape index (κ2) is 8.35. The molecular weight excluding hydrogens is 250 g/mol. The highest BCUT2D eigenvalue weighted by atomic mass is 35.5. The SMILES string of the molecule is COc1cccc([C@H](N)[C@H](O)CCC(C)C)c1.Cl. The molecule has 0 spiro atoms. The van der Waals surface area contributed by atoms with Crippen molar-refractivity contribution >= 4 is 12.4 Å². The van der Waals surface area contributed by atoms with Gasteiger partial charge in [-0.25, -0.2) is 0 Å². The first-order valence-corrected chi connectivity index (χ1v) is 6.12. The zero-order chi connectivity index (χ0) is 12.8. The summed E-state index contributed by atoms with van der Waals surface area (Å²) in [4.78, 5) is 0. The molecule has 0 amide bonds. The molecule has 3 nitrogen and oxygen atoms in total. The van der Waals surface area contributed by atoms with Crippen molar-refractivity contribution in [3.63, 3.8) is 0 Å². The number of ether oxygens (including phenoxy) is 1. The Hall–Kier alpha value is -0.770. The molecular formula is C14H24ClNO2. The maximum absolute atomic E-state index is 10.0. The molecule has 0 aliphatic rings. The fourth-order valence-corrected chi connectivity index (χ4v) is 1.75. The van der Waals surface area contributed by atoms with Gasteiger partial charge in [0.25, 0.3) is 0 Å². The molecule has 1 aromatic carbocycles. The second-order valence-electron chi connectivity index (χ2n) is 4.84. The standard InChI is InChI=1S/C14H23NO2.ClH/c1-10(2)7-8-13(16)14(15)11-5-4-6-12(9-11)17-3;/h4-6,9-10,13-14,16H,7-8,15H2,1-3H3;1H/t13-,14+;/m1./s1. The molecule has 0 saturated heterocycles. The van der Waals surface area contributed by atoms with E-state index in [0.29, 0.717) is 5.92 Å². The highest BCUT2D eigenvalue weighted by Gasteiger charge is 2.17. The van der Waals surface area contributed by atoms with Crippen LogP contribution in [0.3, 0.4) is 0 Å². The number of aliphatic hydroxyl groups is 1. The van der Waals surface area contributed by atoms with Crippen LogP contribution in [0.15, 0.2) is 24.3 Å². The van der Waals surface area contributed by atoms with Crippen molar-refractivity contribution in [3.05, 3.63) is 29.8 Å². The van der Waals surface area contributed by atoms with Crippen LogP contribution in [0, 0.1) is 5.92 Å². The van der Waals surface area contributed by atoms with Gasteiger partial charge in [0, 0.05) is 0 Å². The molecule has 104 valence electrons. The fourth-order valence-electron chi connectivity index (χ4n) is 1.75. The van der Waals surface area contributed by atoms with Gasteiger partial charge in [-0.1, -0.05) is 26.0 Å². The van der Waals surface area contributed by atoms with E-state index in [1.54, 1.807) is 7.11 Å². The summed E-state index contributed by atoms with van der Waals surface area (Å²) < 4.78 is 5.15. The molecule has 18 heavy (non-hydrogen) atoms. The van der Waals surface area contributed by atoms with Gasteiger partial charge in [0.05, 0.1) is 19.3 Å². The van der Waals surface area contributed by atoms with Crippen molar-refractivity contribution in [3.8, 4) is 5.75 Å². The highest BCUT2D eigenvalue weighted by Crippen LogP contribution is 2.22. The van der Waals surface area contributed by atoms with Crippen LogP contribution in [0.25, 0.3) is 0 Å². The third kappa shape index (κ3) is 5.25. The lowest BCUT2D eigenvalue weighted by atomic mass is 9.96. The van der Waals surface area contributed by atoms with E-state index in [1.807, 2.05) is 24.3 Å². The van der Waals surface area contributed by atoms with Crippen molar-refractivity contribution in [1.82, 2.24) is 0 Å². The minimum atomic E-state index is -0.496. The Bertz CT molecular complexity index is 344. The van der Waals surface area contributed by atoms with Crippen LogP contribution in [0.2, 0.25) is 0 Å². The summed E-state index contributed by atoms with van der Waals surface area (Å²) in [6.07, 6.45) is 1.22. The lowest BCUT2D eigenvalue weighted by molar-refractivity contribution is 0.128. The summed E-state index contributed by atoms with van der Waals surface area (Å²) in [5.41, 5.74) is 6.96. The van der Waals surface area contributed by atoms with E-state index in [1.165, 1.54) is 0 Å². The number of rotatable bonds is 6. The van der Waals surface area contributed by atoms with Crippen LogP contribution in [0.1, 0.15) is 38.3 Å². The van der Waals surface area contributed by atoms with E-state index >= 15 is 0 Å². The Kier molecular flexibility index (Phi) is 8.00. The van der Waals surface area contributed by atoms with E-state index in [4.69, 9.17) is 10.5 Å². The van der Waals surface area contributed by atoms with E-state index < -0.39 is 6.10 Å². The Labute approximate surface area is 116 Å². The summed E-state index contributed by atoms with van der Waals surface area (Å²) in [6, 6.07) is 7.22. The quantitative estimate of drug-likeness (QED) is 0.838. The number of benzene rings is 1. The third-order valence-electron chi connectivity index (χ3n) is 2.93. The van der Waals surface area contributed by atoms with Crippen LogP contribution in [0.4, 0.5) is 0 Å². The number of hydrogen-bond acceptors (Lipinski definition) is 3. The largest absolute Gasteiger partial charge is 0.497 e. The lowest BCUT2D eigenvalue weighted by Crippen LogP contribution is -2.26. The normalized spacial score (nSPS) is 13.9. The molecule has 0 aliphatic carbocycles. The van der Waals surface area contributed by atoms with Gasteiger partial charge in [-0.3, -0.25) is 0 Å². The Morgan fingerprint density at radius 1 is 1.28 bits per heavy atom. The van der Waals surface area contributed by atoms with Gasteiger partial charge in [-0.05, 0) is 36.5 Å². The molecule has 0 unspecified atom stereocenters. The van der Waals surface area contributed by atoms with Crippen LogP contribution < -0.4 is 10.5 Å². The minimum absolute atomic E-state index is 0. The van der Waals surface area contributed by atoms with Crippen LogP contribution >= 0.6 is 12.4 Å². The number of hydrogen-bond donors (Lipinski definition) is 2. The fraction of sp³-hybridized carbons (Fsp3) is 0.571. The lowest BCUT2D eigenvalue weighted by Gasteiger charge is -2.20. The van der Waals surface area contributed by atoms with Gasteiger partial charge in [-0.15, -0.1) is 12.4 Å². The summed E-state index contributed by atoms with van der Waals surface area (Å²) in [6.45, 7) is 4.29. The predicted molar refractivity (Wildman–Crippen MR) is 77.2 cm³/mol. The van der Waals surface area contributed by atoms with Crippen molar-refractivity contribution in [2.75, 3.05) is 7.11 Å². The summed E-state index contributed by atoms with van der Waals surface area (Å²) >= 11 is 0. The molecule has 1 aromatic rings. The van der Waals surface area contributed by atoms with Gasteiger partial charge >= 0.3 is 0 Å². The van der Waals surface area contributed by atoms with E-state index in [0.717, 1.165) is 24.2 Å². The second-order valence-corrected chi connectivity index (χ2v) is 4.84. The van der Waals surface area contributed by atoms with Crippen LogP contribution in [0.5, 0.6) is 5.75 Å². The van der Waals surface area contributed by atoms with Gasteiger partial charge < -0.3 is 15.6 Å². The van der Waals surface area contributed by atoms with E-state index in [-0.39, 0.29) is 18.4 Å². The van der Waals surface area contributed by atoms with Crippen molar-refractivity contribution < 1.29 is 9.84 Å². The number of halogens is 1. The molecule has 0 fully saturated rings. The maximum Gasteiger partial charge on any atom is 0.119 e. The maximum atomic E-state index is 10.0. The number of methoxy groups -OCH3 is 1. The Morgan fingerprint density at radius 2 is 1.94 bits per heavy atom. The van der Waals surface area contributed by atoms with Crippen molar-refractivity contribution in [2.45, 2.75) is 38.8 Å². The Balaban J connectivity index is 0.00000289. The van der Waals surface area contributed by atoms with Gasteiger partial charge in [0.1, 0.15) is 5.75 Å². The minimum Gasteiger partial charge on any atom is -0.497 e. The number of nitrogens with two attached hydrogens (primary N) is 1. The summed E-state index contributed by atoms with van der Waals surface area (Å²) in [5.74, 6) is 1.36. The first-order chi connectivity index (χ1) is 8.04. The van der Waals surface area contributed by atoms with Crippen LogP contribution in [-0.4, -0.2) is 18.3 Å². The zero-order valence-corrected chi connectivity index (χ0v) is 12.1. The first kappa shape index (κ1) is 17.2. The van der Waals surface area contributed by atoms with Gasteiger partial charge in [0.15, 0.2) is 0 Å². The van der Waals surface area contributed by atoms with E-state index in [9.17, 15) is 5.11 Å². The average Bonchev–Trinajstić information content (AvgIpc) is 2.35. The van der Waals surface area contributed by atoms with Crippen LogP contribution in [-0.2, 0) is 0 Å². The predicted octanol–water partition coefficient (Wildman–Crippen LogP) is 2.91. The molecule has 0 heterocycles. The molecule has 0 aliphatic heterocycles. The van der Waals surface area contributed by atoms with Crippen molar-refractivity contribution in [2.24, 2.45) is 11.7 Å². The molecule has 0 aromatic heterocycles. The van der Waals surface area contributed by atoms with Gasteiger partial charge in [-0.2, -0.15) is 0 Å². The number of aliphatic hydroxyl groups excluding tert-OH is 1. The first-order valence-electron chi connectivity index (χ1n) is 6.12. The molecule has 1 rings (SSSR count). The third-order valence-corrected chi connectivity index (χ3v) is 2.93. The molecule has 4 heteroatoms. The van der Waals surface area contributed by atoms with E-state index in [2.05, 4.69) is 13.8 Å². The summed E-state index contributed by atoms with van der Waals surface area (Å²) in [7, 11) is 1.62. The Morgan fingerprint density at radius 3 is 2.50 bits per heavy atom. The van der Waals surface area contributed by atoms with Gasteiger partial charge in [0.2, 0.25) is 0 Å². The molecule has 3 N–H and O–H groups in total. The average molecular weight is 274 g/mol. The monoisotopic (exact) mass is 273 g/mol. The molecule has 0 radical (unpaired) electrons. The summed E-state index contributed by atoms with van der Waals surface area (Å²) in [5, 5.41) is 10.0. The smallest absolute Gasteiger partial charge is 0.119 e. The molecule has 0 bridgehead atoms.